The second-order valence-electron chi connectivity index (χ2n) is 4.33. The summed E-state index contributed by atoms with van der Waals surface area (Å²) in [5, 5.41) is 16.5. The van der Waals surface area contributed by atoms with Crippen molar-refractivity contribution in [2.75, 3.05) is 37.6 Å². The minimum atomic E-state index is -0.642. The van der Waals surface area contributed by atoms with Crippen molar-refractivity contribution < 1.29 is 14.4 Å². The molecule has 1 aromatic heterocycles. The van der Waals surface area contributed by atoms with Crippen molar-refractivity contribution in [1.29, 1.82) is 0 Å². The standard InChI is InChI=1S/C13H16N6O4/c1-15-12-10(19(20)21)11(14)17-13(18-12)16-8-6-7(22-2)4-5-9(8)23-3/h4-6H,1-3H3,(H4,14,15,16,17,18). The lowest BCUT2D eigenvalue weighted by molar-refractivity contribution is -0.383. The first-order chi connectivity index (χ1) is 11.0. The molecular weight excluding hydrogens is 304 g/mol. The van der Waals surface area contributed by atoms with Crippen LogP contribution in [0, 0.1) is 10.1 Å². The average molecular weight is 320 g/mol. The number of nitrogen functional groups attached to an aromatic ring is 1. The molecule has 0 unspecified atom stereocenters. The zero-order valence-corrected chi connectivity index (χ0v) is 12.8. The Kier molecular flexibility index (Phi) is 4.64. The molecule has 0 aliphatic heterocycles. The van der Waals surface area contributed by atoms with E-state index in [2.05, 4.69) is 20.6 Å². The maximum Gasteiger partial charge on any atom is 0.353 e. The summed E-state index contributed by atoms with van der Waals surface area (Å²) in [6.07, 6.45) is 0. The topological polar surface area (TPSA) is 137 Å². The molecule has 0 fully saturated rings. The first-order valence-electron chi connectivity index (χ1n) is 6.48. The van der Waals surface area contributed by atoms with Crippen molar-refractivity contribution in [3.05, 3.63) is 28.3 Å². The van der Waals surface area contributed by atoms with E-state index in [9.17, 15) is 10.1 Å². The Labute approximate surface area is 131 Å². The summed E-state index contributed by atoms with van der Waals surface area (Å²) in [5.41, 5.74) is 5.80. The Hall–Kier alpha value is -3.30. The fourth-order valence-electron chi connectivity index (χ4n) is 1.91. The van der Waals surface area contributed by atoms with Crippen LogP contribution < -0.4 is 25.8 Å². The summed E-state index contributed by atoms with van der Waals surface area (Å²) in [6, 6.07) is 5.11. The maximum atomic E-state index is 11.0. The predicted molar refractivity (Wildman–Crippen MR) is 85.5 cm³/mol. The van der Waals surface area contributed by atoms with Crippen LogP contribution in [0.5, 0.6) is 11.5 Å². The number of methoxy groups -OCH3 is 2. The quantitative estimate of drug-likeness (QED) is 0.537. The molecule has 10 nitrogen and oxygen atoms in total. The number of nitrogens with one attached hydrogen (secondary N) is 2. The van der Waals surface area contributed by atoms with Gasteiger partial charge in [-0.3, -0.25) is 10.1 Å². The number of rotatable bonds is 6. The van der Waals surface area contributed by atoms with Gasteiger partial charge in [0, 0.05) is 13.1 Å². The summed E-state index contributed by atoms with van der Waals surface area (Å²) in [7, 11) is 4.55. The average Bonchev–Trinajstić information content (AvgIpc) is 2.53. The molecule has 0 spiro atoms. The number of nitrogens with zero attached hydrogens (tertiary/aromatic N) is 3. The zero-order chi connectivity index (χ0) is 17.0. The molecule has 23 heavy (non-hydrogen) atoms. The van der Waals surface area contributed by atoms with Crippen molar-refractivity contribution in [3.63, 3.8) is 0 Å². The molecule has 0 saturated carbocycles. The van der Waals surface area contributed by atoms with E-state index in [1.807, 2.05) is 0 Å². The van der Waals surface area contributed by atoms with Crippen molar-refractivity contribution in [2.24, 2.45) is 0 Å². The Morgan fingerprint density at radius 1 is 1.26 bits per heavy atom. The third-order valence-electron chi connectivity index (χ3n) is 2.98. The lowest BCUT2D eigenvalue weighted by atomic mass is 10.2. The highest BCUT2D eigenvalue weighted by Gasteiger charge is 2.22. The van der Waals surface area contributed by atoms with Crippen LogP contribution in [0.3, 0.4) is 0 Å². The van der Waals surface area contributed by atoms with Gasteiger partial charge in [0.15, 0.2) is 0 Å². The molecule has 0 saturated heterocycles. The van der Waals surface area contributed by atoms with E-state index < -0.39 is 4.92 Å². The first-order valence-corrected chi connectivity index (χ1v) is 6.48. The summed E-state index contributed by atoms with van der Waals surface area (Å²) in [5.74, 6) is 0.962. The molecule has 4 N–H and O–H groups in total. The smallest absolute Gasteiger partial charge is 0.353 e. The summed E-state index contributed by atoms with van der Waals surface area (Å²) in [6.45, 7) is 0. The number of nitrogens with two attached hydrogens (primary N) is 1. The van der Waals surface area contributed by atoms with Gasteiger partial charge in [-0.05, 0) is 12.1 Å². The van der Waals surface area contributed by atoms with Crippen molar-refractivity contribution in [3.8, 4) is 11.5 Å². The van der Waals surface area contributed by atoms with Crippen LogP contribution in [0.15, 0.2) is 18.2 Å². The van der Waals surface area contributed by atoms with E-state index in [0.717, 1.165) is 0 Å². The van der Waals surface area contributed by atoms with Gasteiger partial charge in [-0.2, -0.15) is 9.97 Å². The number of hydrogen-bond acceptors (Lipinski definition) is 9. The van der Waals surface area contributed by atoms with Crippen molar-refractivity contribution in [1.82, 2.24) is 9.97 Å². The van der Waals surface area contributed by atoms with Crippen LogP contribution in [0.1, 0.15) is 0 Å². The van der Waals surface area contributed by atoms with E-state index >= 15 is 0 Å². The van der Waals surface area contributed by atoms with Gasteiger partial charge in [-0.15, -0.1) is 0 Å². The van der Waals surface area contributed by atoms with Crippen LogP contribution in [0.4, 0.5) is 29.0 Å². The number of anilines is 4. The van der Waals surface area contributed by atoms with Crippen LogP contribution in [-0.2, 0) is 0 Å². The largest absolute Gasteiger partial charge is 0.497 e. The normalized spacial score (nSPS) is 10.0. The van der Waals surface area contributed by atoms with Gasteiger partial charge in [-0.1, -0.05) is 0 Å². The highest BCUT2D eigenvalue weighted by molar-refractivity contribution is 5.72. The number of ether oxygens (including phenoxy) is 2. The molecule has 2 rings (SSSR count). The van der Waals surface area contributed by atoms with Crippen LogP contribution in [0.2, 0.25) is 0 Å². The Morgan fingerprint density at radius 2 is 2.00 bits per heavy atom. The highest BCUT2D eigenvalue weighted by Crippen LogP contribution is 2.33. The molecule has 0 aliphatic carbocycles. The minimum absolute atomic E-state index is 0.00635. The molecule has 0 radical (unpaired) electrons. The molecule has 10 heteroatoms. The zero-order valence-electron chi connectivity index (χ0n) is 12.8. The number of nitro groups is 1. The fourth-order valence-corrected chi connectivity index (χ4v) is 1.91. The Balaban J connectivity index is 2.45. The van der Waals surface area contributed by atoms with Gasteiger partial charge in [0.2, 0.25) is 17.6 Å². The molecule has 1 heterocycles. The van der Waals surface area contributed by atoms with Crippen molar-refractivity contribution in [2.45, 2.75) is 0 Å². The molecule has 0 aliphatic rings. The van der Waals surface area contributed by atoms with Gasteiger partial charge in [0.25, 0.3) is 0 Å². The molecule has 2 aromatic rings. The van der Waals surface area contributed by atoms with Gasteiger partial charge in [0.1, 0.15) is 11.5 Å². The van der Waals surface area contributed by atoms with Gasteiger partial charge in [0.05, 0.1) is 24.8 Å². The molecule has 0 bridgehead atoms. The van der Waals surface area contributed by atoms with E-state index in [1.165, 1.54) is 21.3 Å². The monoisotopic (exact) mass is 320 g/mol. The second-order valence-corrected chi connectivity index (χ2v) is 4.33. The van der Waals surface area contributed by atoms with Crippen LogP contribution in [-0.4, -0.2) is 36.2 Å². The predicted octanol–water partition coefficient (Wildman–Crippen LogP) is 1.77. The maximum absolute atomic E-state index is 11.0. The van der Waals surface area contributed by atoms with Crippen LogP contribution in [0.25, 0.3) is 0 Å². The van der Waals surface area contributed by atoms with Gasteiger partial charge in [-0.25, -0.2) is 0 Å². The first kappa shape index (κ1) is 16.1. The van der Waals surface area contributed by atoms with E-state index in [0.29, 0.717) is 17.2 Å². The van der Waals surface area contributed by atoms with Gasteiger partial charge < -0.3 is 25.8 Å². The SMILES string of the molecule is CNc1nc(Nc2cc(OC)ccc2OC)nc(N)c1[N+](=O)[O-]. The Bertz CT molecular complexity index is 737. The third kappa shape index (κ3) is 3.31. The lowest BCUT2D eigenvalue weighted by Crippen LogP contribution is -2.09. The lowest BCUT2D eigenvalue weighted by Gasteiger charge is -2.12. The molecule has 122 valence electrons. The second kappa shape index (κ2) is 6.64. The van der Waals surface area contributed by atoms with E-state index in [4.69, 9.17) is 15.2 Å². The highest BCUT2D eigenvalue weighted by atomic mass is 16.6. The van der Waals surface area contributed by atoms with E-state index in [1.54, 1.807) is 18.2 Å². The van der Waals surface area contributed by atoms with E-state index in [-0.39, 0.29) is 23.3 Å². The number of benzene rings is 1. The van der Waals surface area contributed by atoms with Gasteiger partial charge >= 0.3 is 5.69 Å². The Morgan fingerprint density at radius 3 is 2.57 bits per heavy atom. The molecule has 0 atom stereocenters. The fraction of sp³-hybridized carbons (Fsp3) is 0.231. The van der Waals surface area contributed by atoms with Crippen LogP contribution >= 0.6 is 0 Å². The number of hydrogen-bond donors (Lipinski definition) is 3. The third-order valence-corrected chi connectivity index (χ3v) is 2.98. The summed E-state index contributed by atoms with van der Waals surface area (Å²) < 4.78 is 10.4. The molecule has 0 amide bonds. The van der Waals surface area contributed by atoms with Crippen molar-refractivity contribution >= 4 is 29.0 Å². The number of aromatic nitrogens is 2. The summed E-state index contributed by atoms with van der Waals surface area (Å²) >= 11 is 0. The molecular formula is C13H16N6O4. The minimum Gasteiger partial charge on any atom is -0.497 e. The molecule has 1 aromatic carbocycles. The summed E-state index contributed by atoms with van der Waals surface area (Å²) in [4.78, 5) is 18.3.